The van der Waals surface area contributed by atoms with E-state index < -0.39 is 0 Å². The van der Waals surface area contributed by atoms with E-state index >= 15 is 0 Å². The summed E-state index contributed by atoms with van der Waals surface area (Å²) in [6, 6.07) is 2.35. The Hall–Kier alpha value is -1.73. The molecule has 2 aliphatic rings. The second-order valence-electron chi connectivity index (χ2n) is 7.88. The summed E-state index contributed by atoms with van der Waals surface area (Å²) in [7, 11) is 1.65. The van der Waals surface area contributed by atoms with E-state index in [9.17, 15) is 4.79 Å². The molecule has 11 heteroatoms. The highest BCUT2D eigenvalue weighted by atomic mass is 127. The molecule has 4 rings (SSSR count). The van der Waals surface area contributed by atoms with Gasteiger partial charge in [-0.3, -0.25) is 9.79 Å². The van der Waals surface area contributed by atoms with Gasteiger partial charge in [-0.1, -0.05) is 0 Å². The van der Waals surface area contributed by atoms with Crippen LogP contribution in [0.4, 0.5) is 0 Å². The van der Waals surface area contributed by atoms with Crippen molar-refractivity contribution in [2.24, 2.45) is 4.99 Å². The van der Waals surface area contributed by atoms with Gasteiger partial charge in [0.05, 0.1) is 13.1 Å². The van der Waals surface area contributed by atoms with Crippen LogP contribution in [0.25, 0.3) is 0 Å². The van der Waals surface area contributed by atoms with Crippen LogP contribution in [-0.2, 0) is 42.1 Å². The van der Waals surface area contributed by atoms with Crippen LogP contribution in [0.5, 0.6) is 0 Å². The first-order valence-electron chi connectivity index (χ1n) is 11.0. The number of rotatable bonds is 7. The topological polar surface area (TPSA) is 96.7 Å². The van der Waals surface area contributed by atoms with E-state index in [-0.39, 0.29) is 35.9 Å². The Morgan fingerprint density at radius 2 is 2.28 bits per heavy atom. The Morgan fingerprint density at radius 1 is 1.41 bits per heavy atom. The lowest BCUT2D eigenvalue weighted by Gasteiger charge is -2.27. The Labute approximate surface area is 210 Å². The molecular weight excluding hydrogens is 541 g/mol. The summed E-state index contributed by atoms with van der Waals surface area (Å²) in [4.78, 5) is 25.2. The number of amides is 1. The maximum absolute atomic E-state index is 12.6. The van der Waals surface area contributed by atoms with Gasteiger partial charge in [0.1, 0.15) is 12.4 Å². The average molecular weight is 574 g/mol. The fourth-order valence-electron chi connectivity index (χ4n) is 4.06. The summed E-state index contributed by atoms with van der Waals surface area (Å²) in [5, 5.41) is 13.4. The van der Waals surface area contributed by atoms with Crippen molar-refractivity contribution in [3.05, 3.63) is 33.5 Å². The fraction of sp³-hybridized carbons (Fsp3) is 0.619. The third kappa shape index (κ3) is 6.19. The Kier molecular flexibility index (Phi) is 9.29. The molecule has 0 aromatic carbocycles. The van der Waals surface area contributed by atoms with Gasteiger partial charge in [0, 0.05) is 50.5 Å². The number of thiophene rings is 1. The molecule has 0 saturated carbocycles. The number of carbonyl (C=O) groups excluding carboxylic acids is 1. The highest BCUT2D eigenvalue weighted by Gasteiger charge is 2.23. The van der Waals surface area contributed by atoms with E-state index in [0.717, 1.165) is 63.0 Å². The zero-order chi connectivity index (χ0) is 21.6. The number of halogens is 1. The lowest BCUT2D eigenvalue weighted by atomic mass is 10.1. The summed E-state index contributed by atoms with van der Waals surface area (Å²) in [6.07, 6.45) is 3.22. The monoisotopic (exact) mass is 573 g/mol. The number of fused-ring (bicyclic) bond motifs is 2. The number of aliphatic imine (C=N–C) groups is 1. The molecule has 0 radical (unpaired) electrons. The molecule has 0 fully saturated rings. The van der Waals surface area contributed by atoms with Crippen molar-refractivity contribution in [3.63, 3.8) is 0 Å². The second-order valence-corrected chi connectivity index (χ2v) is 8.88. The zero-order valence-electron chi connectivity index (χ0n) is 18.7. The zero-order valence-corrected chi connectivity index (χ0v) is 21.8. The predicted molar refractivity (Wildman–Crippen MR) is 135 cm³/mol. The quantitative estimate of drug-likeness (QED) is 0.299. The van der Waals surface area contributed by atoms with E-state index in [1.54, 1.807) is 18.4 Å². The Morgan fingerprint density at radius 3 is 3.09 bits per heavy atom. The number of ether oxygens (including phenoxy) is 1. The van der Waals surface area contributed by atoms with Crippen molar-refractivity contribution in [2.75, 3.05) is 26.7 Å². The SMILES string of the molecule is CCNC(=NCCC(=O)N1CCc2sccc2C1)NC1CCc2nc(COC)nn2C1.I. The molecule has 4 heterocycles. The van der Waals surface area contributed by atoms with Crippen LogP contribution in [0.1, 0.15) is 41.9 Å². The van der Waals surface area contributed by atoms with E-state index in [0.29, 0.717) is 19.6 Å². The number of carbonyl (C=O) groups is 1. The van der Waals surface area contributed by atoms with Crippen molar-refractivity contribution in [3.8, 4) is 0 Å². The first kappa shape index (κ1) is 24.9. The molecule has 2 N–H and O–H groups in total. The van der Waals surface area contributed by atoms with Gasteiger partial charge in [0.2, 0.25) is 5.91 Å². The van der Waals surface area contributed by atoms with Gasteiger partial charge in [-0.25, -0.2) is 9.67 Å². The van der Waals surface area contributed by atoms with Crippen molar-refractivity contribution in [1.29, 1.82) is 0 Å². The minimum absolute atomic E-state index is 0. The average Bonchev–Trinajstić information content (AvgIpc) is 3.39. The molecule has 0 spiro atoms. The van der Waals surface area contributed by atoms with E-state index in [4.69, 9.17) is 4.74 Å². The third-order valence-electron chi connectivity index (χ3n) is 5.62. The maximum Gasteiger partial charge on any atom is 0.224 e. The number of nitrogens with zero attached hydrogens (tertiary/aromatic N) is 5. The molecule has 9 nitrogen and oxygen atoms in total. The van der Waals surface area contributed by atoms with Gasteiger partial charge in [-0.15, -0.1) is 35.3 Å². The van der Waals surface area contributed by atoms with Crippen molar-refractivity contribution in [1.82, 2.24) is 30.3 Å². The van der Waals surface area contributed by atoms with Crippen LogP contribution in [0, 0.1) is 0 Å². The number of hydrogen-bond donors (Lipinski definition) is 2. The van der Waals surface area contributed by atoms with Crippen LogP contribution in [-0.4, -0.2) is 64.3 Å². The lowest BCUT2D eigenvalue weighted by Crippen LogP contribution is -2.47. The molecular formula is C21H32IN7O2S. The molecule has 1 unspecified atom stereocenters. The molecule has 2 aromatic heterocycles. The van der Waals surface area contributed by atoms with Crippen LogP contribution >= 0.6 is 35.3 Å². The largest absolute Gasteiger partial charge is 0.377 e. The van der Waals surface area contributed by atoms with Gasteiger partial charge in [-0.05, 0) is 36.8 Å². The van der Waals surface area contributed by atoms with Crippen molar-refractivity contribution >= 4 is 47.2 Å². The van der Waals surface area contributed by atoms with Crippen molar-refractivity contribution < 1.29 is 9.53 Å². The Balaban J connectivity index is 0.00000289. The summed E-state index contributed by atoms with van der Waals surface area (Å²) in [6.45, 7) is 6.00. The lowest BCUT2D eigenvalue weighted by molar-refractivity contribution is -0.131. The second kappa shape index (κ2) is 11.9. The molecule has 0 bridgehead atoms. The smallest absolute Gasteiger partial charge is 0.224 e. The van der Waals surface area contributed by atoms with Gasteiger partial charge >= 0.3 is 0 Å². The first-order chi connectivity index (χ1) is 15.2. The number of guanidine groups is 1. The van der Waals surface area contributed by atoms with Crippen LogP contribution < -0.4 is 10.6 Å². The fourth-order valence-corrected chi connectivity index (χ4v) is 4.95. The molecule has 176 valence electrons. The van der Waals surface area contributed by atoms with E-state index in [1.165, 1.54) is 10.4 Å². The summed E-state index contributed by atoms with van der Waals surface area (Å²) >= 11 is 1.79. The van der Waals surface area contributed by atoms with E-state index in [2.05, 4.69) is 37.2 Å². The standard InChI is InChI=1S/C21H31N7O2S.HI/c1-3-22-21(24-16-4-5-19-25-18(14-30-2)26-28(19)13-16)23-9-6-20(29)27-10-7-17-15(12-27)8-11-31-17;/h8,11,16H,3-7,9-10,12-14H2,1-2H3,(H2,22,23,24);1H. The summed E-state index contributed by atoms with van der Waals surface area (Å²) in [5.74, 6) is 2.66. The van der Waals surface area contributed by atoms with Crippen LogP contribution in [0.15, 0.2) is 16.4 Å². The highest BCUT2D eigenvalue weighted by Crippen LogP contribution is 2.24. The van der Waals surface area contributed by atoms with Gasteiger partial charge in [-0.2, -0.15) is 5.10 Å². The molecule has 1 amide bonds. The minimum Gasteiger partial charge on any atom is -0.377 e. The molecule has 2 aromatic rings. The minimum atomic E-state index is 0. The highest BCUT2D eigenvalue weighted by molar-refractivity contribution is 14.0. The van der Waals surface area contributed by atoms with E-state index in [1.807, 2.05) is 16.5 Å². The third-order valence-corrected chi connectivity index (χ3v) is 6.64. The molecule has 2 aliphatic heterocycles. The Bertz CT molecular complexity index is 929. The molecule has 0 saturated heterocycles. The maximum atomic E-state index is 12.6. The normalized spacial score (nSPS) is 17.9. The number of aryl methyl sites for hydroxylation is 1. The number of hydrogen-bond acceptors (Lipinski definition) is 6. The molecule has 0 aliphatic carbocycles. The predicted octanol–water partition coefficient (Wildman–Crippen LogP) is 1.95. The first-order valence-corrected chi connectivity index (χ1v) is 11.8. The van der Waals surface area contributed by atoms with Crippen LogP contribution in [0.3, 0.4) is 0 Å². The van der Waals surface area contributed by atoms with Gasteiger partial charge in [0.15, 0.2) is 11.8 Å². The van der Waals surface area contributed by atoms with Gasteiger partial charge < -0.3 is 20.3 Å². The summed E-state index contributed by atoms with van der Waals surface area (Å²) in [5.41, 5.74) is 1.29. The van der Waals surface area contributed by atoms with Crippen molar-refractivity contribution in [2.45, 2.75) is 58.3 Å². The van der Waals surface area contributed by atoms with Crippen LogP contribution in [0.2, 0.25) is 0 Å². The number of methoxy groups -OCH3 is 1. The number of aromatic nitrogens is 3. The molecule has 1 atom stereocenters. The summed E-state index contributed by atoms with van der Waals surface area (Å²) < 4.78 is 7.09. The number of nitrogens with one attached hydrogen (secondary N) is 2. The molecule has 32 heavy (non-hydrogen) atoms. The van der Waals surface area contributed by atoms with Gasteiger partial charge in [0.25, 0.3) is 0 Å².